The Kier molecular flexibility index (Phi) is 2.44. The Labute approximate surface area is 128 Å². The highest BCUT2D eigenvalue weighted by Crippen LogP contribution is 2.24. The van der Waals surface area contributed by atoms with Crippen molar-refractivity contribution in [3.63, 3.8) is 0 Å². The highest BCUT2D eigenvalue weighted by Gasteiger charge is 2.31. The van der Waals surface area contributed by atoms with Crippen molar-refractivity contribution in [3.05, 3.63) is 45.7 Å². The molecule has 2 amide bonds. The Morgan fingerprint density at radius 3 is 2.70 bits per heavy atom. The zero-order chi connectivity index (χ0) is 16.3. The molecule has 3 aromatic rings. The second-order valence-corrected chi connectivity index (χ2v) is 5.16. The maximum Gasteiger partial charge on any atom is 0.262 e. The number of hydrogen-bond acceptors (Lipinski definition) is 6. The van der Waals surface area contributed by atoms with Gasteiger partial charge in [0.05, 0.1) is 22.3 Å². The molecule has 0 spiro atoms. The van der Waals surface area contributed by atoms with Crippen LogP contribution in [0.25, 0.3) is 16.7 Å². The van der Waals surface area contributed by atoms with Crippen molar-refractivity contribution in [2.45, 2.75) is 0 Å². The van der Waals surface area contributed by atoms with Gasteiger partial charge >= 0.3 is 0 Å². The highest BCUT2D eigenvalue weighted by molar-refractivity contribution is 6.23. The zero-order valence-corrected chi connectivity index (χ0v) is 11.9. The Morgan fingerprint density at radius 1 is 1.13 bits per heavy atom. The second-order valence-electron chi connectivity index (χ2n) is 5.16. The van der Waals surface area contributed by atoms with Crippen molar-refractivity contribution in [2.24, 2.45) is 7.05 Å². The van der Waals surface area contributed by atoms with E-state index in [0.29, 0.717) is 11.2 Å². The number of aromatic nitrogens is 4. The van der Waals surface area contributed by atoms with E-state index < -0.39 is 17.4 Å². The lowest BCUT2D eigenvalue weighted by atomic mass is 10.1. The molecule has 4 rings (SSSR count). The van der Waals surface area contributed by atoms with E-state index in [9.17, 15) is 14.4 Å². The number of carbonyl (C=O) groups is 2. The minimum atomic E-state index is -0.620. The molecule has 9 nitrogen and oxygen atoms in total. The molecule has 0 saturated carbocycles. The number of fused-ring (bicyclic) bond motifs is 2. The topological polar surface area (TPSA) is 125 Å². The molecule has 9 heteroatoms. The third-order valence-electron chi connectivity index (χ3n) is 3.81. The van der Waals surface area contributed by atoms with Gasteiger partial charge in [0.2, 0.25) is 0 Å². The molecule has 0 fully saturated rings. The highest BCUT2D eigenvalue weighted by atomic mass is 16.2. The van der Waals surface area contributed by atoms with E-state index in [2.05, 4.69) is 15.6 Å². The van der Waals surface area contributed by atoms with Crippen molar-refractivity contribution in [1.82, 2.24) is 24.9 Å². The van der Waals surface area contributed by atoms with Crippen LogP contribution >= 0.6 is 0 Å². The number of rotatable bonds is 1. The van der Waals surface area contributed by atoms with Gasteiger partial charge in [-0.1, -0.05) is 5.21 Å². The lowest BCUT2D eigenvalue weighted by Crippen LogP contribution is -2.24. The summed E-state index contributed by atoms with van der Waals surface area (Å²) in [6.45, 7) is 0. The first kappa shape index (κ1) is 13.2. The van der Waals surface area contributed by atoms with E-state index in [4.69, 9.17) is 5.73 Å². The SMILES string of the molecule is Cn1nnc2cc(-n3c(N)c4c(cc3=O)C(=O)NC4=O)ccc21. The quantitative estimate of drug-likeness (QED) is 0.588. The molecule has 0 saturated heterocycles. The second kappa shape index (κ2) is 4.26. The van der Waals surface area contributed by atoms with E-state index >= 15 is 0 Å². The first-order chi connectivity index (χ1) is 11.0. The van der Waals surface area contributed by atoms with Crippen LogP contribution in [0.15, 0.2) is 29.1 Å². The monoisotopic (exact) mass is 310 g/mol. The lowest BCUT2D eigenvalue weighted by Gasteiger charge is -2.11. The zero-order valence-electron chi connectivity index (χ0n) is 11.9. The number of nitrogen functional groups attached to an aromatic ring is 1. The Bertz CT molecular complexity index is 1080. The third kappa shape index (κ3) is 1.70. The third-order valence-corrected chi connectivity index (χ3v) is 3.81. The van der Waals surface area contributed by atoms with Crippen LogP contribution in [0.4, 0.5) is 5.82 Å². The van der Waals surface area contributed by atoms with Gasteiger partial charge in [-0.2, -0.15) is 0 Å². The summed E-state index contributed by atoms with van der Waals surface area (Å²) < 4.78 is 2.77. The van der Waals surface area contributed by atoms with Crippen molar-refractivity contribution in [3.8, 4) is 5.69 Å². The predicted molar refractivity (Wildman–Crippen MR) is 80.3 cm³/mol. The largest absolute Gasteiger partial charge is 0.384 e. The number of anilines is 1. The van der Waals surface area contributed by atoms with Gasteiger partial charge in [0.1, 0.15) is 11.3 Å². The van der Waals surface area contributed by atoms with Crippen LogP contribution in [0, 0.1) is 0 Å². The van der Waals surface area contributed by atoms with Crippen LogP contribution < -0.4 is 16.6 Å². The van der Waals surface area contributed by atoms with Crippen LogP contribution in [-0.4, -0.2) is 31.4 Å². The predicted octanol–water partition coefficient (Wildman–Crippen LogP) is -0.415. The van der Waals surface area contributed by atoms with Gasteiger partial charge in [0, 0.05) is 13.1 Å². The van der Waals surface area contributed by atoms with E-state index in [1.807, 2.05) is 0 Å². The molecule has 2 aromatic heterocycles. The normalized spacial score (nSPS) is 13.4. The van der Waals surface area contributed by atoms with Gasteiger partial charge < -0.3 is 5.73 Å². The van der Waals surface area contributed by atoms with Crippen molar-refractivity contribution >= 4 is 28.7 Å². The number of amides is 2. The number of nitrogens with zero attached hydrogens (tertiary/aromatic N) is 4. The number of hydrogen-bond donors (Lipinski definition) is 2. The van der Waals surface area contributed by atoms with Gasteiger partial charge in [-0.05, 0) is 18.2 Å². The average Bonchev–Trinajstić information content (AvgIpc) is 3.00. The molecule has 0 radical (unpaired) electrons. The van der Waals surface area contributed by atoms with E-state index in [1.165, 1.54) is 4.57 Å². The maximum absolute atomic E-state index is 12.3. The summed E-state index contributed by atoms with van der Waals surface area (Å²) >= 11 is 0. The Morgan fingerprint density at radius 2 is 1.91 bits per heavy atom. The summed E-state index contributed by atoms with van der Waals surface area (Å²) in [6.07, 6.45) is 0. The molecule has 0 atom stereocenters. The minimum absolute atomic E-state index is 0.00525. The van der Waals surface area contributed by atoms with E-state index in [1.54, 1.807) is 29.9 Å². The number of benzene rings is 1. The average molecular weight is 310 g/mol. The molecule has 0 aliphatic carbocycles. The standard InChI is InChI=1S/C14H10N6O3/c1-19-9-3-2-6(4-8(9)17-18-19)20-10(21)5-7-11(12(20)15)14(23)16-13(7)22/h2-5H,15H2,1H3,(H,16,22,23). The van der Waals surface area contributed by atoms with Gasteiger partial charge in [-0.15, -0.1) is 5.10 Å². The first-order valence-electron chi connectivity index (χ1n) is 6.68. The smallest absolute Gasteiger partial charge is 0.262 e. The van der Waals surface area contributed by atoms with Crippen LogP contribution in [0.1, 0.15) is 20.7 Å². The van der Waals surface area contributed by atoms with E-state index in [0.717, 1.165) is 11.6 Å². The van der Waals surface area contributed by atoms with Crippen molar-refractivity contribution in [2.75, 3.05) is 5.73 Å². The molecule has 1 aliphatic heterocycles. The molecule has 0 unspecified atom stereocenters. The summed E-state index contributed by atoms with van der Waals surface area (Å²) in [7, 11) is 1.75. The Balaban J connectivity index is 2.02. The number of carbonyl (C=O) groups excluding carboxylic acids is 2. The summed E-state index contributed by atoms with van der Waals surface area (Å²) in [5.41, 5.74) is 7.28. The number of nitrogens with one attached hydrogen (secondary N) is 1. The van der Waals surface area contributed by atoms with Crippen LogP contribution in [-0.2, 0) is 7.05 Å². The van der Waals surface area contributed by atoms with Gasteiger partial charge in [0.25, 0.3) is 17.4 Å². The summed E-state index contributed by atoms with van der Waals surface area (Å²) in [4.78, 5) is 35.8. The van der Waals surface area contributed by atoms with Crippen LogP contribution in [0.3, 0.4) is 0 Å². The number of imide groups is 1. The van der Waals surface area contributed by atoms with Crippen LogP contribution in [0.5, 0.6) is 0 Å². The van der Waals surface area contributed by atoms with Crippen molar-refractivity contribution in [1.29, 1.82) is 0 Å². The lowest BCUT2D eigenvalue weighted by molar-refractivity contribution is 0.0880. The van der Waals surface area contributed by atoms with Gasteiger partial charge in [-0.25, -0.2) is 4.68 Å². The fourth-order valence-electron chi connectivity index (χ4n) is 2.71. The Hall–Kier alpha value is -3.49. The summed E-state index contributed by atoms with van der Waals surface area (Å²) in [5, 5.41) is 10.0. The molecule has 1 aliphatic rings. The maximum atomic E-state index is 12.3. The fourth-order valence-corrected chi connectivity index (χ4v) is 2.71. The van der Waals surface area contributed by atoms with Crippen molar-refractivity contribution < 1.29 is 9.59 Å². The first-order valence-corrected chi connectivity index (χ1v) is 6.68. The molecular weight excluding hydrogens is 300 g/mol. The number of aryl methyl sites for hydroxylation is 1. The number of pyridine rings is 1. The molecule has 1 aromatic carbocycles. The molecule has 3 N–H and O–H groups in total. The minimum Gasteiger partial charge on any atom is -0.384 e. The molecule has 23 heavy (non-hydrogen) atoms. The van der Waals surface area contributed by atoms with Gasteiger partial charge in [-0.3, -0.25) is 24.3 Å². The number of nitrogens with two attached hydrogens (primary N) is 1. The molecule has 3 heterocycles. The van der Waals surface area contributed by atoms with Gasteiger partial charge in [0.15, 0.2) is 0 Å². The van der Waals surface area contributed by atoms with Crippen LogP contribution in [0.2, 0.25) is 0 Å². The van der Waals surface area contributed by atoms with E-state index in [-0.39, 0.29) is 16.9 Å². The molecule has 0 bridgehead atoms. The summed E-state index contributed by atoms with van der Waals surface area (Å²) in [5.74, 6) is -1.32. The summed E-state index contributed by atoms with van der Waals surface area (Å²) in [6, 6.07) is 6.16. The molecule has 114 valence electrons. The molecular formula is C14H10N6O3. The fraction of sp³-hybridized carbons (Fsp3) is 0.0714.